The first kappa shape index (κ1) is 19.9. The van der Waals surface area contributed by atoms with Crippen molar-refractivity contribution in [1.82, 2.24) is 20.0 Å². The quantitative estimate of drug-likeness (QED) is 0.243. The smallest absolute Gasteiger partial charge is 0.306 e. The predicted molar refractivity (Wildman–Crippen MR) is 104 cm³/mol. The van der Waals surface area contributed by atoms with Crippen LogP contribution in [0.25, 0.3) is 0 Å². The van der Waals surface area contributed by atoms with Gasteiger partial charge in [0.15, 0.2) is 5.96 Å². The van der Waals surface area contributed by atoms with Crippen LogP contribution in [0.2, 0.25) is 0 Å². The van der Waals surface area contributed by atoms with Gasteiger partial charge in [-0.15, -0.1) is 24.0 Å². The third-order valence-electron chi connectivity index (χ3n) is 3.13. The zero-order valence-corrected chi connectivity index (χ0v) is 16.0. The molecule has 0 saturated heterocycles. The van der Waals surface area contributed by atoms with Gasteiger partial charge in [0.05, 0.1) is 18.0 Å². The summed E-state index contributed by atoms with van der Waals surface area (Å²) in [5, 5.41) is 17.8. The number of benzene rings is 1. The molecule has 1 heterocycles. The van der Waals surface area contributed by atoms with Crippen molar-refractivity contribution in [2.45, 2.75) is 13.1 Å². The molecule has 0 radical (unpaired) electrons. The number of aliphatic imine (C=N–C) groups is 1. The molecule has 24 heavy (non-hydrogen) atoms. The second-order valence-electron chi connectivity index (χ2n) is 5.17. The Labute approximate surface area is 157 Å². The lowest BCUT2D eigenvalue weighted by molar-refractivity contribution is -0.385. The fourth-order valence-corrected chi connectivity index (χ4v) is 1.96. The van der Waals surface area contributed by atoms with Gasteiger partial charge in [-0.3, -0.25) is 14.8 Å². The van der Waals surface area contributed by atoms with Gasteiger partial charge >= 0.3 is 5.69 Å². The highest BCUT2D eigenvalue weighted by Crippen LogP contribution is 2.07. The minimum atomic E-state index is -0.455. The molecule has 1 aromatic heterocycles. The number of aromatic nitrogens is 2. The Morgan fingerprint density at radius 3 is 2.67 bits per heavy atom. The highest BCUT2D eigenvalue weighted by Gasteiger charge is 2.08. The molecular formula is C15H21IN6O2. The van der Waals surface area contributed by atoms with E-state index in [1.165, 1.54) is 17.1 Å². The highest BCUT2D eigenvalue weighted by molar-refractivity contribution is 14.0. The Balaban J connectivity index is 0.00000288. The summed E-state index contributed by atoms with van der Waals surface area (Å²) in [4.78, 5) is 16.6. The van der Waals surface area contributed by atoms with Gasteiger partial charge in [-0.2, -0.15) is 5.10 Å². The molecule has 0 aliphatic heterocycles. The van der Waals surface area contributed by atoms with Crippen LogP contribution in [0.5, 0.6) is 0 Å². The molecule has 0 fully saturated rings. The van der Waals surface area contributed by atoms with Gasteiger partial charge in [0, 0.05) is 20.6 Å². The third-order valence-corrected chi connectivity index (χ3v) is 3.13. The molecule has 0 aliphatic rings. The number of hydrogen-bond donors (Lipinski definition) is 1. The van der Waals surface area contributed by atoms with Crippen LogP contribution in [0.3, 0.4) is 0 Å². The number of nitro groups is 1. The van der Waals surface area contributed by atoms with Crippen molar-refractivity contribution in [2.75, 3.05) is 20.6 Å². The SMILES string of the molecule is CN(C)C(=NCc1ccccc1)NCCn1cc([N+](=O)[O-])cn1.I. The summed E-state index contributed by atoms with van der Waals surface area (Å²) in [6.07, 6.45) is 2.66. The van der Waals surface area contributed by atoms with Crippen molar-refractivity contribution in [1.29, 1.82) is 0 Å². The van der Waals surface area contributed by atoms with Crippen molar-refractivity contribution >= 4 is 35.6 Å². The lowest BCUT2D eigenvalue weighted by atomic mass is 10.2. The Morgan fingerprint density at radius 1 is 1.38 bits per heavy atom. The van der Waals surface area contributed by atoms with E-state index >= 15 is 0 Å². The molecule has 8 nitrogen and oxygen atoms in total. The molecular weight excluding hydrogens is 423 g/mol. The van der Waals surface area contributed by atoms with E-state index in [2.05, 4.69) is 15.4 Å². The number of rotatable bonds is 6. The normalized spacial score (nSPS) is 10.8. The van der Waals surface area contributed by atoms with Crippen molar-refractivity contribution < 1.29 is 4.92 Å². The molecule has 0 amide bonds. The van der Waals surface area contributed by atoms with Crippen LogP contribution in [-0.2, 0) is 13.1 Å². The van der Waals surface area contributed by atoms with E-state index in [1.54, 1.807) is 0 Å². The van der Waals surface area contributed by atoms with Crippen LogP contribution in [-0.4, -0.2) is 46.2 Å². The minimum absolute atomic E-state index is 0. The van der Waals surface area contributed by atoms with E-state index < -0.39 is 4.92 Å². The van der Waals surface area contributed by atoms with Crippen LogP contribution in [0.15, 0.2) is 47.7 Å². The van der Waals surface area contributed by atoms with Crippen LogP contribution >= 0.6 is 24.0 Å². The Morgan fingerprint density at radius 2 is 2.08 bits per heavy atom. The maximum atomic E-state index is 10.6. The number of hydrogen-bond acceptors (Lipinski definition) is 4. The number of halogens is 1. The molecule has 9 heteroatoms. The fourth-order valence-electron chi connectivity index (χ4n) is 1.96. The molecule has 0 spiro atoms. The molecule has 0 unspecified atom stereocenters. The zero-order valence-electron chi connectivity index (χ0n) is 13.6. The van der Waals surface area contributed by atoms with Crippen LogP contribution in [0, 0.1) is 10.1 Å². The standard InChI is InChI=1S/C15H20N6O2.HI/c1-19(2)15(17-10-13-6-4-3-5-7-13)16-8-9-20-12-14(11-18-20)21(22)23;/h3-7,11-12H,8-10H2,1-2H3,(H,16,17);1H. The lowest BCUT2D eigenvalue weighted by Crippen LogP contribution is -2.38. The summed E-state index contributed by atoms with van der Waals surface area (Å²) < 4.78 is 1.54. The summed E-state index contributed by atoms with van der Waals surface area (Å²) in [5.41, 5.74) is 1.13. The fraction of sp³-hybridized carbons (Fsp3) is 0.333. The van der Waals surface area contributed by atoms with Gasteiger partial charge in [-0.25, -0.2) is 4.99 Å². The van der Waals surface area contributed by atoms with E-state index in [0.29, 0.717) is 19.6 Å². The molecule has 0 aliphatic carbocycles. The maximum absolute atomic E-state index is 10.6. The molecule has 2 rings (SSSR count). The Kier molecular flexibility index (Phi) is 8.16. The van der Waals surface area contributed by atoms with E-state index in [1.807, 2.05) is 49.3 Å². The summed E-state index contributed by atoms with van der Waals surface area (Å²) in [6.45, 7) is 1.69. The van der Waals surface area contributed by atoms with Gasteiger partial charge in [0.25, 0.3) is 0 Å². The molecule has 1 aromatic carbocycles. The summed E-state index contributed by atoms with van der Waals surface area (Å²) in [7, 11) is 3.82. The average Bonchev–Trinajstić information content (AvgIpc) is 3.00. The predicted octanol–water partition coefficient (Wildman–Crippen LogP) is 2.12. The van der Waals surface area contributed by atoms with Crippen LogP contribution in [0.4, 0.5) is 5.69 Å². The maximum Gasteiger partial charge on any atom is 0.306 e. The van der Waals surface area contributed by atoms with Crippen molar-refractivity contribution in [2.24, 2.45) is 4.99 Å². The topological polar surface area (TPSA) is 88.6 Å². The number of nitrogens with zero attached hydrogens (tertiary/aromatic N) is 5. The summed E-state index contributed by atoms with van der Waals surface area (Å²) >= 11 is 0. The van der Waals surface area contributed by atoms with Crippen LogP contribution in [0.1, 0.15) is 5.56 Å². The second kappa shape index (κ2) is 9.85. The zero-order chi connectivity index (χ0) is 16.7. The first-order valence-electron chi connectivity index (χ1n) is 7.22. The van der Waals surface area contributed by atoms with Gasteiger partial charge < -0.3 is 10.2 Å². The minimum Gasteiger partial charge on any atom is -0.354 e. The van der Waals surface area contributed by atoms with Crippen LogP contribution < -0.4 is 5.32 Å². The van der Waals surface area contributed by atoms with E-state index in [-0.39, 0.29) is 29.7 Å². The van der Waals surface area contributed by atoms with Crippen molar-refractivity contribution in [3.05, 3.63) is 58.4 Å². The monoisotopic (exact) mass is 444 g/mol. The number of nitrogens with one attached hydrogen (secondary N) is 1. The second-order valence-corrected chi connectivity index (χ2v) is 5.17. The van der Waals surface area contributed by atoms with Crippen molar-refractivity contribution in [3.8, 4) is 0 Å². The molecule has 0 saturated carbocycles. The lowest BCUT2D eigenvalue weighted by Gasteiger charge is -2.17. The highest BCUT2D eigenvalue weighted by atomic mass is 127. The molecule has 130 valence electrons. The third kappa shape index (κ3) is 6.14. The first-order valence-corrected chi connectivity index (χ1v) is 7.22. The Bertz CT molecular complexity index is 672. The van der Waals surface area contributed by atoms with Crippen molar-refractivity contribution in [3.63, 3.8) is 0 Å². The first-order chi connectivity index (χ1) is 11.1. The van der Waals surface area contributed by atoms with Gasteiger partial charge in [-0.1, -0.05) is 30.3 Å². The average molecular weight is 444 g/mol. The van der Waals surface area contributed by atoms with Gasteiger partial charge in [0.1, 0.15) is 12.4 Å². The van der Waals surface area contributed by atoms with Gasteiger partial charge in [0.2, 0.25) is 0 Å². The Hall–Kier alpha value is -2.17. The van der Waals surface area contributed by atoms with E-state index in [9.17, 15) is 10.1 Å². The number of guanidine groups is 1. The van der Waals surface area contributed by atoms with Gasteiger partial charge in [-0.05, 0) is 5.56 Å². The summed E-state index contributed by atoms with van der Waals surface area (Å²) in [5.74, 6) is 0.760. The summed E-state index contributed by atoms with van der Waals surface area (Å²) in [6, 6.07) is 10.00. The molecule has 1 N–H and O–H groups in total. The van der Waals surface area contributed by atoms with E-state index in [4.69, 9.17) is 0 Å². The molecule has 0 bridgehead atoms. The molecule has 0 atom stereocenters. The molecule has 2 aromatic rings. The van der Waals surface area contributed by atoms with E-state index in [0.717, 1.165) is 11.5 Å². The largest absolute Gasteiger partial charge is 0.354 e.